The lowest BCUT2D eigenvalue weighted by molar-refractivity contribution is -0.385. The van der Waals surface area contributed by atoms with Gasteiger partial charge in [-0.2, -0.15) is 0 Å². The van der Waals surface area contributed by atoms with Gasteiger partial charge in [0.1, 0.15) is 18.1 Å². The molecule has 0 heterocycles. The molecule has 0 saturated heterocycles. The second kappa shape index (κ2) is 9.26. The normalized spacial score (nSPS) is 10.1. The Bertz CT molecular complexity index is 761. The Morgan fingerprint density at radius 1 is 1.12 bits per heavy atom. The van der Waals surface area contributed by atoms with Crippen LogP contribution >= 0.6 is 0 Å². The summed E-state index contributed by atoms with van der Waals surface area (Å²) in [6.07, 6.45) is 0. The number of amides is 1. The van der Waals surface area contributed by atoms with Crippen LogP contribution < -0.4 is 19.5 Å². The lowest BCUT2D eigenvalue weighted by atomic mass is 10.2. The van der Waals surface area contributed by atoms with Crippen LogP contribution in [0.5, 0.6) is 17.2 Å². The first-order valence-electron chi connectivity index (χ1n) is 7.91. The van der Waals surface area contributed by atoms with Crippen molar-refractivity contribution in [2.24, 2.45) is 0 Å². The molecule has 0 spiro atoms. The molecule has 138 valence electrons. The number of nitrogens with one attached hydrogen (secondary N) is 1. The summed E-state index contributed by atoms with van der Waals surface area (Å²) < 4.78 is 15.8. The lowest BCUT2D eigenvalue weighted by Crippen LogP contribution is -2.32. The highest BCUT2D eigenvalue weighted by Crippen LogP contribution is 2.30. The fourth-order valence-electron chi connectivity index (χ4n) is 2.09. The molecule has 0 aromatic heterocycles. The fourth-order valence-corrected chi connectivity index (χ4v) is 2.09. The fraction of sp³-hybridized carbons (Fsp3) is 0.278. The molecule has 2 aromatic carbocycles. The number of carbonyl (C=O) groups excluding carboxylic acids is 1. The third-order valence-corrected chi connectivity index (χ3v) is 3.43. The van der Waals surface area contributed by atoms with E-state index in [2.05, 4.69) is 5.32 Å². The molecular weight excluding hydrogens is 340 g/mol. The Kier molecular flexibility index (Phi) is 6.78. The Labute approximate surface area is 150 Å². The molecule has 0 bridgehead atoms. The number of methoxy groups -OCH3 is 1. The summed E-state index contributed by atoms with van der Waals surface area (Å²) in [5.74, 6) is 0.784. The van der Waals surface area contributed by atoms with Gasteiger partial charge < -0.3 is 19.5 Å². The highest BCUT2D eigenvalue weighted by Gasteiger charge is 2.15. The molecule has 0 atom stereocenters. The van der Waals surface area contributed by atoms with Crippen LogP contribution in [0.2, 0.25) is 0 Å². The van der Waals surface area contributed by atoms with Crippen molar-refractivity contribution in [3.05, 3.63) is 58.1 Å². The molecule has 8 heteroatoms. The van der Waals surface area contributed by atoms with Gasteiger partial charge in [-0.15, -0.1) is 0 Å². The van der Waals surface area contributed by atoms with Crippen LogP contribution in [-0.2, 0) is 4.79 Å². The van der Waals surface area contributed by atoms with Gasteiger partial charge in [-0.25, -0.2) is 0 Å². The summed E-state index contributed by atoms with van der Waals surface area (Å²) in [4.78, 5) is 22.1. The summed E-state index contributed by atoms with van der Waals surface area (Å²) >= 11 is 0. The van der Waals surface area contributed by atoms with E-state index >= 15 is 0 Å². The summed E-state index contributed by atoms with van der Waals surface area (Å²) in [7, 11) is 1.33. The van der Waals surface area contributed by atoms with Gasteiger partial charge in [-0.1, -0.05) is 17.7 Å². The number of benzene rings is 2. The Morgan fingerprint density at radius 3 is 2.46 bits per heavy atom. The molecule has 0 unspecified atom stereocenters. The number of aryl methyl sites for hydroxylation is 1. The minimum atomic E-state index is -0.552. The molecule has 0 saturated carbocycles. The number of ether oxygens (including phenoxy) is 3. The monoisotopic (exact) mass is 360 g/mol. The smallest absolute Gasteiger partial charge is 0.311 e. The van der Waals surface area contributed by atoms with E-state index in [4.69, 9.17) is 14.2 Å². The number of nitro groups is 1. The predicted molar refractivity (Wildman–Crippen MR) is 94.8 cm³/mol. The summed E-state index contributed by atoms with van der Waals surface area (Å²) in [6, 6.07) is 11.7. The number of nitrogens with zero attached hydrogens (tertiary/aromatic N) is 1. The van der Waals surface area contributed by atoms with Gasteiger partial charge in [0.2, 0.25) is 5.75 Å². The molecule has 2 aromatic rings. The number of nitro benzene ring substituents is 1. The lowest BCUT2D eigenvalue weighted by Gasteiger charge is -2.10. The number of rotatable bonds is 9. The average Bonchev–Trinajstić information content (AvgIpc) is 2.64. The van der Waals surface area contributed by atoms with Crippen LogP contribution in [0.25, 0.3) is 0 Å². The van der Waals surface area contributed by atoms with E-state index in [1.54, 1.807) is 0 Å². The number of hydrogen-bond donors (Lipinski definition) is 1. The minimum absolute atomic E-state index is 0.0689. The van der Waals surface area contributed by atoms with E-state index in [0.29, 0.717) is 18.9 Å². The summed E-state index contributed by atoms with van der Waals surface area (Å²) in [5, 5.41) is 13.5. The Balaban J connectivity index is 1.73. The topological polar surface area (TPSA) is 99.9 Å². The second-order valence-electron chi connectivity index (χ2n) is 5.39. The maximum atomic E-state index is 11.8. The summed E-state index contributed by atoms with van der Waals surface area (Å²) in [5.41, 5.74) is 0.975. The van der Waals surface area contributed by atoms with Crippen molar-refractivity contribution in [3.63, 3.8) is 0 Å². The molecule has 8 nitrogen and oxygen atoms in total. The zero-order chi connectivity index (χ0) is 18.9. The molecule has 0 aliphatic carbocycles. The van der Waals surface area contributed by atoms with E-state index < -0.39 is 4.92 Å². The van der Waals surface area contributed by atoms with Crippen LogP contribution in [0.15, 0.2) is 42.5 Å². The van der Waals surface area contributed by atoms with Gasteiger partial charge in [0.25, 0.3) is 5.91 Å². The molecule has 0 aliphatic rings. The quantitative estimate of drug-likeness (QED) is 0.419. The van der Waals surface area contributed by atoms with Crippen molar-refractivity contribution in [3.8, 4) is 17.2 Å². The molecule has 1 N–H and O–H groups in total. The van der Waals surface area contributed by atoms with Crippen molar-refractivity contribution >= 4 is 11.6 Å². The van der Waals surface area contributed by atoms with E-state index in [0.717, 1.165) is 11.3 Å². The standard InChI is InChI=1S/C18H20N2O6/c1-13-3-5-14(6-4-13)25-10-9-19-18(21)12-26-15-7-8-16(20(22)23)17(11-15)24-2/h3-8,11H,9-10,12H2,1-2H3,(H,19,21). The van der Waals surface area contributed by atoms with Gasteiger partial charge in [0.05, 0.1) is 18.6 Å². The first kappa shape index (κ1) is 19.0. The van der Waals surface area contributed by atoms with E-state index in [-0.39, 0.29) is 24.0 Å². The van der Waals surface area contributed by atoms with Crippen molar-refractivity contribution in [2.45, 2.75) is 6.92 Å². The highest BCUT2D eigenvalue weighted by molar-refractivity contribution is 5.77. The number of hydrogen-bond acceptors (Lipinski definition) is 6. The SMILES string of the molecule is COc1cc(OCC(=O)NCCOc2ccc(C)cc2)ccc1[N+](=O)[O-]. The van der Waals surface area contributed by atoms with E-state index in [9.17, 15) is 14.9 Å². The van der Waals surface area contributed by atoms with Crippen LogP contribution in [-0.4, -0.2) is 37.7 Å². The minimum Gasteiger partial charge on any atom is -0.492 e. The van der Waals surface area contributed by atoms with E-state index in [1.807, 2.05) is 31.2 Å². The molecule has 26 heavy (non-hydrogen) atoms. The van der Waals surface area contributed by atoms with Crippen LogP contribution in [0.1, 0.15) is 5.56 Å². The van der Waals surface area contributed by atoms with Gasteiger partial charge >= 0.3 is 5.69 Å². The molecule has 0 aliphatic heterocycles. The van der Waals surface area contributed by atoms with Crippen molar-refractivity contribution < 1.29 is 23.9 Å². The van der Waals surface area contributed by atoms with Crippen molar-refractivity contribution in [1.82, 2.24) is 5.32 Å². The van der Waals surface area contributed by atoms with Gasteiger partial charge in [0, 0.05) is 12.1 Å². The van der Waals surface area contributed by atoms with Gasteiger partial charge in [0.15, 0.2) is 6.61 Å². The molecule has 1 amide bonds. The average molecular weight is 360 g/mol. The third kappa shape index (κ3) is 5.66. The second-order valence-corrected chi connectivity index (χ2v) is 5.39. The van der Waals surface area contributed by atoms with Crippen molar-refractivity contribution in [2.75, 3.05) is 26.9 Å². The van der Waals surface area contributed by atoms with Gasteiger partial charge in [-0.05, 0) is 25.1 Å². The van der Waals surface area contributed by atoms with Crippen LogP contribution in [0, 0.1) is 17.0 Å². The molecular formula is C18H20N2O6. The molecule has 0 fully saturated rings. The first-order valence-corrected chi connectivity index (χ1v) is 7.91. The van der Waals surface area contributed by atoms with E-state index in [1.165, 1.54) is 25.3 Å². The molecule has 0 radical (unpaired) electrons. The maximum Gasteiger partial charge on any atom is 0.311 e. The van der Waals surface area contributed by atoms with Crippen LogP contribution in [0.3, 0.4) is 0 Å². The molecule has 2 rings (SSSR count). The Hall–Kier alpha value is -3.29. The zero-order valence-corrected chi connectivity index (χ0v) is 14.6. The zero-order valence-electron chi connectivity index (χ0n) is 14.6. The Morgan fingerprint density at radius 2 is 1.81 bits per heavy atom. The number of carbonyl (C=O) groups is 1. The largest absolute Gasteiger partial charge is 0.492 e. The van der Waals surface area contributed by atoms with Gasteiger partial charge in [-0.3, -0.25) is 14.9 Å². The predicted octanol–water partition coefficient (Wildman–Crippen LogP) is 2.49. The highest BCUT2D eigenvalue weighted by atomic mass is 16.6. The van der Waals surface area contributed by atoms with Crippen molar-refractivity contribution in [1.29, 1.82) is 0 Å². The summed E-state index contributed by atoms with van der Waals surface area (Å²) in [6.45, 7) is 2.44. The maximum absolute atomic E-state index is 11.8. The van der Waals surface area contributed by atoms with Crippen LogP contribution in [0.4, 0.5) is 5.69 Å². The third-order valence-electron chi connectivity index (χ3n) is 3.43. The first-order chi connectivity index (χ1) is 12.5.